The molecule has 3 nitrogen and oxygen atoms in total. The first-order valence-electron chi connectivity index (χ1n) is 4.19. The van der Waals surface area contributed by atoms with E-state index in [2.05, 4.69) is 0 Å². The molecule has 0 unspecified atom stereocenters. The van der Waals surface area contributed by atoms with Crippen molar-refractivity contribution in [2.75, 3.05) is 13.2 Å². The van der Waals surface area contributed by atoms with Crippen molar-refractivity contribution in [3.63, 3.8) is 0 Å². The Morgan fingerprint density at radius 1 is 1.31 bits per heavy atom. The van der Waals surface area contributed by atoms with Gasteiger partial charge in [-0.15, -0.1) is 0 Å². The monoisotopic (exact) mass is 178 g/mol. The van der Waals surface area contributed by atoms with E-state index >= 15 is 0 Å². The lowest BCUT2D eigenvalue weighted by molar-refractivity contribution is 0.106. The maximum absolute atomic E-state index is 10.5. The SMILES string of the molecule is O=Cc1ccc2c(c1)COCCO2. The van der Waals surface area contributed by atoms with E-state index in [0.29, 0.717) is 25.4 Å². The average Bonchev–Trinajstić information content (AvgIpc) is 2.41. The fourth-order valence-electron chi connectivity index (χ4n) is 1.32. The summed E-state index contributed by atoms with van der Waals surface area (Å²) < 4.78 is 10.7. The van der Waals surface area contributed by atoms with Crippen LogP contribution in [-0.2, 0) is 11.3 Å². The van der Waals surface area contributed by atoms with Crippen LogP contribution in [0.5, 0.6) is 5.75 Å². The number of benzene rings is 1. The summed E-state index contributed by atoms with van der Waals surface area (Å²) >= 11 is 0. The van der Waals surface area contributed by atoms with E-state index < -0.39 is 0 Å². The molecule has 0 N–H and O–H groups in total. The van der Waals surface area contributed by atoms with Crippen LogP contribution in [0.2, 0.25) is 0 Å². The van der Waals surface area contributed by atoms with Gasteiger partial charge >= 0.3 is 0 Å². The Bertz CT molecular complexity index is 320. The van der Waals surface area contributed by atoms with Gasteiger partial charge in [0.15, 0.2) is 0 Å². The van der Waals surface area contributed by atoms with Crippen molar-refractivity contribution in [1.29, 1.82) is 0 Å². The summed E-state index contributed by atoms with van der Waals surface area (Å²) in [6.45, 7) is 1.70. The predicted octanol–water partition coefficient (Wildman–Crippen LogP) is 1.41. The highest BCUT2D eigenvalue weighted by Gasteiger charge is 2.08. The Morgan fingerprint density at radius 2 is 2.23 bits per heavy atom. The zero-order valence-electron chi connectivity index (χ0n) is 7.16. The van der Waals surface area contributed by atoms with Gasteiger partial charge in [0.1, 0.15) is 18.6 Å². The lowest BCUT2D eigenvalue weighted by Gasteiger charge is -2.05. The summed E-state index contributed by atoms with van der Waals surface area (Å²) in [5.74, 6) is 0.822. The number of hydrogen-bond donors (Lipinski definition) is 0. The fraction of sp³-hybridized carbons (Fsp3) is 0.300. The second-order valence-corrected chi connectivity index (χ2v) is 2.89. The van der Waals surface area contributed by atoms with Crippen molar-refractivity contribution in [2.45, 2.75) is 6.61 Å². The van der Waals surface area contributed by atoms with E-state index in [1.165, 1.54) is 0 Å². The van der Waals surface area contributed by atoms with Gasteiger partial charge in [-0.25, -0.2) is 0 Å². The quantitative estimate of drug-likeness (QED) is 0.610. The Labute approximate surface area is 76.3 Å². The Balaban J connectivity index is 2.37. The van der Waals surface area contributed by atoms with E-state index in [4.69, 9.17) is 9.47 Å². The summed E-state index contributed by atoms with van der Waals surface area (Å²) in [5.41, 5.74) is 1.61. The molecule has 0 spiro atoms. The number of rotatable bonds is 1. The average molecular weight is 178 g/mol. The third-order valence-electron chi connectivity index (χ3n) is 1.96. The molecule has 3 heteroatoms. The van der Waals surface area contributed by atoms with Crippen LogP contribution in [0.4, 0.5) is 0 Å². The minimum absolute atomic E-state index is 0.525. The molecule has 1 heterocycles. The van der Waals surface area contributed by atoms with E-state index in [1.54, 1.807) is 12.1 Å². The zero-order chi connectivity index (χ0) is 9.10. The number of ether oxygens (including phenoxy) is 2. The summed E-state index contributed by atoms with van der Waals surface area (Å²) in [5, 5.41) is 0. The van der Waals surface area contributed by atoms with Gasteiger partial charge in [0.05, 0.1) is 13.2 Å². The van der Waals surface area contributed by atoms with Crippen LogP contribution in [0.15, 0.2) is 18.2 Å². The van der Waals surface area contributed by atoms with Gasteiger partial charge in [-0.2, -0.15) is 0 Å². The van der Waals surface area contributed by atoms with Crippen molar-refractivity contribution in [2.24, 2.45) is 0 Å². The Kier molecular flexibility index (Phi) is 2.27. The molecule has 13 heavy (non-hydrogen) atoms. The predicted molar refractivity (Wildman–Crippen MR) is 47.0 cm³/mol. The van der Waals surface area contributed by atoms with Gasteiger partial charge in [0, 0.05) is 11.1 Å². The molecule has 0 bridgehead atoms. The molecular weight excluding hydrogens is 168 g/mol. The number of fused-ring (bicyclic) bond motifs is 1. The molecule has 0 saturated heterocycles. The summed E-state index contributed by atoms with van der Waals surface area (Å²) in [6, 6.07) is 5.36. The smallest absolute Gasteiger partial charge is 0.150 e. The van der Waals surface area contributed by atoms with Gasteiger partial charge in [-0.3, -0.25) is 4.79 Å². The molecule has 0 atom stereocenters. The van der Waals surface area contributed by atoms with Crippen LogP contribution in [-0.4, -0.2) is 19.5 Å². The van der Waals surface area contributed by atoms with Gasteiger partial charge in [-0.05, 0) is 18.2 Å². The first-order chi connectivity index (χ1) is 6.40. The van der Waals surface area contributed by atoms with Crippen molar-refractivity contribution < 1.29 is 14.3 Å². The summed E-state index contributed by atoms with van der Waals surface area (Å²) in [6.07, 6.45) is 0.825. The molecule has 1 aromatic rings. The molecular formula is C10H10O3. The third kappa shape index (κ3) is 1.70. The van der Waals surface area contributed by atoms with Crippen molar-refractivity contribution in [1.82, 2.24) is 0 Å². The number of aldehydes is 1. The Morgan fingerprint density at radius 3 is 3.08 bits per heavy atom. The highest BCUT2D eigenvalue weighted by molar-refractivity contribution is 5.75. The van der Waals surface area contributed by atoms with Crippen LogP contribution in [0.3, 0.4) is 0 Å². The molecule has 0 aliphatic carbocycles. The van der Waals surface area contributed by atoms with Gasteiger partial charge in [0.2, 0.25) is 0 Å². The molecule has 1 aliphatic heterocycles. The molecule has 0 radical (unpaired) electrons. The van der Waals surface area contributed by atoms with Crippen molar-refractivity contribution >= 4 is 6.29 Å². The van der Waals surface area contributed by atoms with E-state index in [0.717, 1.165) is 17.6 Å². The topological polar surface area (TPSA) is 35.5 Å². The first-order valence-corrected chi connectivity index (χ1v) is 4.19. The van der Waals surface area contributed by atoms with Gasteiger partial charge in [-0.1, -0.05) is 0 Å². The molecule has 0 saturated carbocycles. The summed E-state index contributed by atoms with van der Waals surface area (Å²) in [4.78, 5) is 10.5. The standard InChI is InChI=1S/C10H10O3/c11-6-8-1-2-10-9(5-8)7-12-3-4-13-10/h1-2,5-6H,3-4,7H2. The number of hydrogen-bond acceptors (Lipinski definition) is 3. The fourth-order valence-corrected chi connectivity index (χ4v) is 1.32. The van der Waals surface area contributed by atoms with Crippen LogP contribution < -0.4 is 4.74 Å². The molecule has 2 rings (SSSR count). The maximum Gasteiger partial charge on any atom is 0.150 e. The van der Waals surface area contributed by atoms with Crippen LogP contribution in [0.25, 0.3) is 0 Å². The second-order valence-electron chi connectivity index (χ2n) is 2.89. The maximum atomic E-state index is 10.5. The first kappa shape index (κ1) is 8.26. The third-order valence-corrected chi connectivity index (χ3v) is 1.96. The van der Waals surface area contributed by atoms with Crippen molar-refractivity contribution in [3.05, 3.63) is 29.3 Å². The minimum atomic E-state index is 0.525. The van der Waals surface area contributed by atoms with E-state index in [1.807, 2.05) is 6.07 Å². The largest absolute Gasteiger partial charge is 0.491 e. The zero-order valence-corrected chi connectivity index (χ0v) is 7.16. The second kappa shape index (κ2) is 3.58. The van der Waals surface area contributed by atoms with E-state index in [9.17, 15) is 4.79 Å². The van der Waals surface area contributed by atoms with Crippen LogP contribution in [0, 0.1) is 0 Å². The minimum Gasteiger partial charge on any atom is -0.491 e. The molecule has 68 valence electrons. The number of carbonyl (C=O) groups excluding carboxylic acids is 1. The summed E-state index contributed by atoms with van der Waals surface area (Å²) in [7, 11) is 0. The highest BCUT2D eigenvalue weighted by atomic mass is 16.5. The normalized spacial score (nSPS) is 15.4. The molecule has 0 aromatic heterocycles. The van der Waals surface area contributed by atoms with Gasteiger partial charge in [0.25, 0.3) is 0 Å². The Hall–Kier alpha value is -1.35. The van der Waals surface area contributed by atoms with Crippen molar-refractivity contribution in [3.8, 4) is 5.75 Å². The molecule has 1 aliphatic rings. The number of carbonyl (C=O) groups is 1. The van der Waals surface area contributed by atoms with Crippen LogP contribution >= 0.6 is 0 Å². The molecule has 0 amide bonds. The molecule has 0 fully saturated rings. The van der Waals surface area contributed by atoms with Crippen LogP contribution in [0.1, 0.15) is 15.9 Å². The lowest BCUT2D eigenvalue weighted by Crippen LogP contribution is -2.00. The molecule has 1 aromatic carbocycles. The lowest BCUT2D eigenvalue weighted by atomic mass is 10.1. The van der Waals surface area contributed by atoms with E-state index in [-0.39, 0.29) is 0 Å². The van der Waals surface area contributed by atoms with Gasteiger partial charge < -0.3 is 9.47 Å². The highest BCUT2D eigenvalue weighted by Crippen LogP contribution is 2.22.